The van der Waals surface area contributed by atoms with Crippen LogP contribution in [0.15, 0.2) is 18.3 Å². The number of hydrogen-bond donors (Lipinski definition) is 1. The van der Waals surface area contributed by atoms with Crippen molar-refractivity contribution >= 4 is 11.9 Å². The summed E-state index contributed by atoms with van der Waals surface area (Å²) in [5, 5.41) is 8.87. The summed E-state index contributed by atoms with van der Waals surface area (Å²) >= 11 is 0. The second-order valence-electron chi connectivity index (χ2n) is 4.69. The number of carboxylic acids is 1. The molecule has 0 aromatic carbocycles. The van der Waals surface area contributed by atoms with Gasteiger partial charge in [-0.15, -0.1) is 0 Å². The van der Waals surface area contributed by atoms with Gasteiger partial charge in [-0.3, -0.25) is 14.6 Å². The molecule has 2 rings (SSSR count). The van der Waals surface area contributed by atoms with E-state index in [0.29, 0.717) is 18.2 Å². The quantitative estimate of drug-likeness (QED) is 0.853. The van der Waals surface area contributed by atoms with Crippen molar-refractivity contribution in [2.75, 3.05) is 13.1 Å². The van der Waals surface area contributed by atoms with Gasteiger partial charge in [-0.1, -0.05) is 6.07 Å². The summed E-state index contributed by atoms with van der Waals surface area (Å²) in [5.74, 6) is -0.822. The first-order valence-electron chi connectivity index (χ1n) is 6.00. The summed E-state index contributed by atoms with van der Waals surface area (Å²) in [6, 6.07) is 3.56. The third kappa shape index (κ3) is 3.06. The van der Waals surface area contributed by atoms with Crippen LogP contribution in [0.4, 0.5) is 0 Å². The fourth-order valence-corrected chi connectivity index (χ4v) is 1.85. The molecule has 0 unspecified atom stereocenters. The van der Waals surface area contributed by atoms with Crippen molar-refractivity contribution in [1.82, 2.24) is 9.88 Å². The fourth-order valence-electron chi connectivity index (χ4n) is 1.85. The Hall–Kier alpha value is -1.91. The largest absolute Gasteiger partial charge is 0.480 e. The summed E-state index contributed by atoms with van der Waals surface area (Å²) in [6.45, 7) is 2.06. The molecule has 1 fully saturated rings. The Morgan fingerprint density at radius 1 is 1.50 bits per heavy atom. The van der Waals surface area contributed by atoms with Crippen LogP contribution in [-0.4, -0.2) is 40.0 Å². The maximum Gasteiger partial charge on any atom is 0.323 e. The van der Waals surface area contributed by atoms with Gasteiger partial charge in [0, 0.05) is 12.7 Å². The summed E-state index contributed by atoms with van der Waals surface area (Å²) in [7, 11) is 0. The summed E-state index contributed by atoms with van der Waals surface area (Å²) < 4.78 is 0. The molecule has 1 amide bonds. The minimum atomic E-state index is -0.988. The van der Waals surface area contributed by atoms with Crippen molar-refractivity contribution in [2.24, 2.45) is 5.92 Å². The molecule has 5 nitrogen and oxygen atoms in total. The van der Waals surface area contributed by atoms with Gasteiger partial charge in [-0.25, -0.2) is 0 Å². The molecule has 1 heterocycles. The molecule has 0 bridgehead atoms. The average Bonchev–Trinajstić information content (AvgIpc) is 3.11. The van der Waals surface area contributed by atoms with E-state index in [-0.39, 0.29) is 12.5 Å². The Morgan fingerprint density at radius 3 is 2.78 bits per heavy atom. The van der Waals surface area contributed by atoms with Crippen LogP contribution >= 0.6 is 0 Å². The highest BCUT2D eigenvalue weighted by Crippen LogP contribution is 2.30. The number of nitrogens with zero attached hydrogens (tertiary/aromatic N) is 2. The molecule has 1 aromatic rings. The maximum atomic E-state index is 12.3. The van der Waals surface area contributed by atoms with Crippen molar-refractivity contribution in [1.29, 1.82) is 0 Å². The number of carboxylic acid groups (broad SMARTS) is 1. The van der Waals surface area contributed by atoms with Gasteiger partial charge >= 0.3 is 5.97 Å². The lowest BCUT2D eigenvalue weighted by atomic mass is 10.2. The maximum absolute atomic E-state index is 12.3. The van der Waals surface area contributed by atoms with E-state index in [4.69, 9.17) is 5.11 Å². The van der Waals surface area contributed by atoms with Crippen molar-refractivity contribution in [3.05, 3.63) is 29.6 Å². The molecular weight excluding hydrogens is 232 g/mol. The molecule has 1 aromatic heterocycles. The number of carbonyl (C=O) groups excluding carboxylic acids is 1. The Bertz CT molecular complexity index is 469. The van der Waals surface area contributed by atoms with E-state index < -0.39 is 5.97 Å². The van der Waals surface area contributed by atoms with Crippen LogP contribution in [0.2, 0.25) is 0 Å². The first-order chi connectivity index (χ1) is 8.58. The van der Waals surface area contributed by atoms with Gasteiger partial charge in [0.1, 0.15) is 12.2 Å². The monoisotopic (exact) mass is 248 g/mol. The minimum Gasteiger partial charge on any atom is -0.480 e. The van der Waals surface area contributed by atoms with Gasteiger partial charge in [-0.2, -0.15) is 0 Å². The van der Waals surface area contributed by atoms with Crippen molar-refractivity contribution < 1.29 is 14.7 Å². The lowest BCUT2D eigenvalue weighted by Gasteiger charge is -2.20. The molecule has 5 heteroatoms. The second kappa shape index (κ2) is 5.16. The average molecular weight is 248 g/mol. The van der Waals surface area contributed by atoms with E-state index in [1.807, 2.05) is 0 Å². The number of aryl methyl sites for hydroxylation is 1. The predicted octanol–water partition coefficient (Wildman–Crippen LogP) is 1.33. The van der Waals surface area contributed by atoms with Crippen LogP contribution in [0.5, 0.6) is 0 Å². The number of aliphatic carboxylic acids is 1. The van der Waals surface area contributed by atoms with Crippen LogP contribution in [0.3, 0.4) is 0 Å². The second-order valence-corrected chi connectivity index (χ2v) is 4.69. The molecule has 96 valence electrons. The molecule has 0 radical (unpaired) electrons. The molecule has 1 aliphatic rings. The number of aromatic nitrogens is 1. The van der Waals surface area contributed by atoms with E-state index in [1.54, 1.807) is 25.3 Å². The zero-order chi connectivity index (χ0) is 13.1. The highest BCUT2D eigenvalue weighted by atomic mass is 16.4. The number of rotatable bonds is 5. The first kappa shape index (κ1) is 12.5. The topological polar surface area (TPSA) is 70.5 Å². The smallest absolute Gasteiger partial charge is 0.323 e. The van der Waals surface area contributed by atoms with Gasteiger partial charge in [0.25, 0.3) is 5.91 Å². The Balaban J connectivity index is 2.15. The van der Waals surface area contributed by atoms with Crippen LogP contribution < -0.4 is 0 Å². The van der Waals surface area contributed by atoms with Crippen molar-refractivity contribution in [2.45, 2.75) is 19.8 Å². The van der Waals surface area contributed by atoms with Crippen LogP contribution in [0.25, 0.3) is 0 Å². The van der Waals surface area contributed by atoms with Gasteiger partial charge in [0.2, 0.25) is 0 Å². The van der Waals surface area contributed by atoms with Gasteiger partial charge in [-0.05, 0) is 37.3 Å². The van der Waals surface area contributed by atoms with Crippen molar-refractivity contribution in [3.8, 4) is 0 Å². The standard InChI is InChI=1S/C13H16N2O3/c1-9-3-2-6-14-12(9)13(18)15(8-11(16)17)7-10-4-5-10/h2-3,6,10H,4-5,7-8H2,1H3,(H,16,17). The van der Waals surface area contributed by atoms with E-state index in [2.05, 4.69) is 4.98 Å². The lowest BCUT2D eigenvalue weighted by Crippen LogP contribution is -2.38. The molecule has 0 aliphatic heterocycles. The molecule has 0 atom stereocenters. The zero-order valence-electron chi connectivity index (χ0n) is 10.3. The Labute approximate surface area is 105 Å². The van der Waals surface area contributed by atoms with Crippen LogP contribution in [-0.2, 0) is 4.79 Å². The van der Waals surface area contributed by atoms with E-state index >= 15 is 0 Å². The number of amides is 1. The molecule has 1 aliphatic carbocycles. The molecule has 18 heavy (non-hydrogen) atoms. The number of pyridine rings is 1. The molecular formula is C13H16N2O3. The third-order valence-electron chi connectivity index (χ3n) is 3.00. The Morgan fingerprint density at radius 2 is 2.22 bits per heavy atom. The van der Waals surface area contributed by atoms with Crippen molar-refractivity contribution in [3.63, 3.8) is 0 Å². The third-order valence-corrected chi connectivity index (χ3v) is 3.00. The fraction of sp³-hybridized carbons (Fsp3) is 0.462. The predicted molar refractivity (Wildman–Crippen MR) is 65.2 cm³/mol. The van der Waals surface area contributed by atoms with Crippen LogP contribution in [0, 0.1) is 12.8 Å². The van der Waals surface area contributed by atoms with Gasteiger partial charge in [0.15, 0.2) is 0 Å². The number of hydrogen-bond acceptors (Lipinski definition) is 3. The lowest BCUT2D eigenvalue weighted by molar-refractivity contribution is -0.137. The normalized spacial score (nSPS) is 14.3. The summed E-state index contributed by atoms with van der Waals surface area (Å²) in [4.78, 5) is 28.5. The number of carbonyl (C=O) groups is 2. The van der Waals surface area contributed by atoms with Crippen LogP contribution in [0.1, 0.15) is 28.9 Å². The molecule has 0 saturated heterocycles. The minimum absolute atomic E-state index is 0.259. The van der Waals surface area contributed by atoms with Gasteiger partial charge < -0.3 is 10.0 Å². The van der Waals surface area contributed by atoms with E-state index in [0.717, 1.165) is 18.4 Å². The van der Waals surface area contributed by atoms with E-state index in [1.165, 1.54) is 4.90 Å². The Kier molecular flexibility index (Phi) is 3.60. The van der Waals surface area contributed by atoms with Gasteiger partial charge in [0.05, 0.1) is 0 Å². The van der Waals surface area contributed by atoms with E-state index in [9.17, 15) is 9.59 Å². The highest BCUT2D eigenvalue weighted by Gasteiger charge is 2.29. The first-order valence-corrected chi connectivity index (χ1v) is 6.00. The SMILES string of the molecule is Cc1cccnc1C(=O)N(CC(=O)O)CC1CC1. The zero-order valence-corrected chi connectivity index (χ0v) is 10.3. The summed E-state index contributed by atoms with van der Waals surface area (Å²) in [5.41, 5.74) is 1.12. The highest BCUT2D eigenvalue weighted by molar-refractivity contribution is 5.95. The molecule has 1 saturated carbocycles. The molecule has 1 N–H and O–H groups in total. The summed E-state index contributed by atoms with van der Waals surface area (Å²) in [6.07, 6.45) is 3.70. The molecule has 0 spiro atoms.